The normalized spacial score (nSPS) is 15.5. The van der Waals surface area contributed by atoms with E-state index in [4.69, 9.17) is 9.47 Å². The van der Waals surface area contributed by atoms with Gasteiger partial charge in [-0.1, -0.05) is 12.1 Å². The van der Waals surface area contributed by atoms with Crippen molar-refractivity contribution in [2.45, 2.75) is 32.8 Å². The summed E-state index contributed by atoms with van der Waals surface area (Å²) in [5.74, 6) is -1.58. The summed E-state index contributed by atoms with van der Waals surface area (Å²) in [6.45, 7) is 5.12. The first-order valence-corrected chi connectivity index (χ1v) is 9.24. The SMILES string of the molecule is COC(=O)C1=C(C)Nc2c(c(C(=O)OC(C)C)nn2C)C1c1cccc([N+](=O)[O-])c1. The van der Waals surface area contributed by atoms with Crippen LogP contribution in [-0.2, 0) is 21.3 Å². The van der Waals surface area contributed by atoms with E-state index in [2.05, 4.69) is 10.4 Å². The number of carbonyl (C=O) groups excluding carboxylic acids is 2. The van der Waals surface area contributed by atoms with Gasteiger partial charge in [0.2, 0.25) is 0 Å². The summed E-state index contributed by atoms with van der Waals surface area (Å²) in [5, 5.41) is 18.7. The summed E-state index contributed by atoms with van der Waals surface area (Å²) in [6, 6.07) is 5.92. The van der Waals surface area contributed by atoms with Crippen LogP contribution in [0.4, 0.5) is 11.5 Å². The number of esters is 2. The molecule has 1 unspecified atom stereocenters. The molecule has 1 aromatic carbocycles. The quantitative estimate of drug-likeness (QED) is 0.450. The number of nitro groups is 1. The monoisotopic (exact) mass is 414 g/mol. The van der Waals surface area contributed by atoms with Crippen LogP contribution in [-0.4, -0.2) is 39.9 Å². The zero-order chi connectivity index (χ0) is 22.2. The molecule has 10 heteroatoms. The van der Waals surface area contributed by atoms with Crippen molar-refractivity contribution in [1.82, 2.24) is 9.78 Å². The molecule has 10 nitrogen and oxygen atoms in total. The molecule has 0 spiro atoms. The van der Waals surface area contributed by atoms with Crippen LogP contribution in [0.15, 0.2) is 35.5 Å². The van der Waals surface area contributed by atoms with E-state index in [1.54, 1.807) is 33.9 Å². The van der Waals surface area contributed by atoms with Gasteiger partial charge in [0.15, 0.2) is 5.69 Å². The third-order valence-electron chi connectivity index (χ3n) is 4.73. The van der Waals surface area contributed by atoms with Gasteiger partial charge in [0.05, 0.1) is 23.7 Å². The van der Waals surface area contributed by atoms with Gasteiger partial charge >= 0.3 is 11.9 Å². The summed E-state index contributed by atoms with van der Waals surface area (Å²) < 4.78 is 11.8. The van der Waals surface area contributed by atoms with Crippen molar-refractivity contribution in [3.8, 4) is 0 Å². The van der Waals surface area contributed by atoms with E-state index in [0.717, 1.165) is 0 Å². The number of carbonyl (C=O) groups is 2. The third kappa shape index (κ3) is 3.63. The zero-order valence-corrected chi connectivity index (χ0v) is 17.3. The van der Waals surface area contributed by atoms with Gasteiger partial charge in [0.25, 0.3) is 5.69 Å². The molecule has 0 amide bonds. The lowest BCUT2D eigenvalue weighted by Crippen LogP contribution is -2.25. The van der Waals surface area contributed by atoms with Gasteiger partial charge in [0.1, 0.15) is 5.82 Å². The lowest BCUT2D eigenvalue weighted by molar-refractivity contribution is -0.384. The Kier molecular flexibility index (Phi) is 5.59. The predicted octanol–water partition coefficient (Wildman–Crippen LogP) is 2.90. The summed E-state index contributed by atoms with van der Waals surface area (Å²) in [6.07, 6.45) is -0.375. The second-order valence-corrected chi connectivity index (χ2v) is 7.13. The van der Waals surface area contributed by atoms with Gasteiger partial charge in [-0.25, -0.2) is 9.59 Å². The maximum atomic E-state index is 12.8. The fourth-order valence-corrected chi connectivity index (χ4v) is 3.52. The Balaban J connectivity index is 2.29. The Labute approximate surface area is 172 Å². The van der Waals surface area contributed by atoms with E-state index >= 15 is 0 Å². The van der Waals surface area contributed by atoms with Crippen LogP contribution in [0.5, 0.6) is 0 Å². The lowest BCUT2D eigenvalue weighted by Gasteiger charge is -2.28. The molecule has 0 fully saturated rings. The molecule has 2 heterocycles. The van der Waals surface area contributed by atoms with Crippen molar-refractivity contribution in [3.05, 3.63) is 62.5 Å². The molecule has 0 bridgehead atoms. The van der Waals surface area contributed by atoms with Crippen LogP contribution in [0, 0.1) is 10.1 Å². The highest BCUT2D eigenvalue weighted by Gasteiger charge is 2.40. The molecule has 1 atom stereocenters. The highest BCUT2D eigenvalue weighted by Crippen LogP contribution is 2.44. The average Bonchev–Trinajstić information content (AvgIpc) is 3.02. The van der Waals surface area contributed by atoms with E-state index in [1.165, 1.54) is 30.0 Å². The average molecular weight is 414 g/mol. The number of aryl methyl sites for hydroxylation is 1. The van der Waals surface area contributed by atoms with Gasteiger partial charge < -0.3 is 14.8 Å². The van der Waals surface area contributed by atoms with Crippen LogP contribution >= 0.6 is 0 Å². The first kappa shape index (κ1) is 21.0. The number of nitrogens with one attached hydrogen (secondary N) is 1. The first-order chi connectivity index (χ1) is 14.1. The van der Waals surface area contributed by atoms with Crippen molar-refractivity contribution < 1.29 is 24.0 Å². The molecular weight excluding hydrogens is 392 g/mol. The number of rotatable bonds is 5. The van der Waals surface area contributed by atoms with E-state index in [0.29, 0.717) is 22.6 Å². The zero-order valence-electron chi connectivity index (χ0n) is 17.3. The number of aromatic nitrogens is 2. The molecule has 1 aromatic heterocycles. The number of nitrogens with zero attached hydrogens (tertiary/aromatic N) is 3. The molecule has 1 aliphatic heterocycles. The number of hydrogen-bond acceptors (Lipinski definition) is 8. The number of methoxy groups -OCH3 is 1. The molecule has 3 rings (SSSR count). The number of benzene rings is 1. The maximum absolute atomic E-state index is 12.8. The van der Waals surface area contributed by atoms with Crippen molar-refractivity contribution >= 4 is 23.4 Å². The number of non-ortho nitro benzene ring substituents is 1. The molecule has 0 saturated heterocycles. The number of allylic oxidation sites excluding steroid dienone is 1. The largest absolute Gasteiger partial charge is 0.466 e. The molecule has 0 radical (unpaired) electrons. The number of ether oxygens (including phenoxy) is 2. The summed E-state index contributed by atoms with van der Waals surface area (Å²) in [5.41, 5.74) is 1.48. The van der Waals surface area contributed by atoms with E-state index in [9.17, 15) is 19.7 Å². The van der Waals surface area contributed by atoms with Crippen LogP contribution in [0.2, 0.25) is 0 Å². The molecule has 2 aromatic rings. The Hall–Kier alpha value is -3.69. The highest BCUT2D eigenvalue weighted by atomic mass is 16.6. The van der Waals surface area contributed by atoms with Crippen LogP contribution in [0.3, 0.4) is 0 Å². The minimum absolute atomic E-state index is 0.0270. The van der Waals surface area contributed by atoms with Crippen LogP contribution < -0.4 is 5.32 Å². The Bertz CT molecular complexity index is 1070. The topological polar surface area (TPSA) is 126 Å². The summed E-state index contributed by atoms with van der Waals surface area (Å²) in [4.78, 5) is 36.2. The smallest absolute Gasteiger partial charge is 0.359 e. The van der Waals surface area contributed by atoms with E-state index in [-0.39, 0.29) is 23.1 Å². The molecule has 1 aliphatic rings. The number of hydrogen-bond donors (Lipinski definition) is 1. The Morgan fingerprint density at radius 1 is 1.30 bits per heavy atom. The van der Waals surface area contributed by atoms with Crippen molar-refractivity contribution in [2.24, 2.45) is 7.05 Å². The van der Waals surface area contributed by atoms with Crippen molar-refractivity contribution in [3.63, 3.8) is 0 Å². The molecule has 0 aliphatic carbocycles. The van der Waals surface area contributed by atoms with Gasteiger partial charge in [-0.05, 0) is 26.3 Å². The Morgan fingerprint density at radius 2 is 2.00 bits per heavy atom. The van der Waals surface area contributed by atoms with Gasteiger partial charge in [0, 0.05) is 36.4 Å². The standard InChI is InChI=1S/C20H22N4O6/c1-10(2)30-20(26)17-16-15(12-7-6-8-13(9-12)24(27)28)14(19(25)29-5)11(3)21-18(16)23(4)22-17/h6-10,15,21H,1-5H3. The fourth-order valence-electron chi connectivity index (χ4n) is 3.52. The lowest BCUT2D eigenvalue weighted by atomic mass is 9.81. The minimum atomic E-state index is -0.808. The van der Waals surface area contributed by atoms with Gasteiger partial charge in [-0.3, -0.25) is 14.8 Å². The first-order valence-electron chi connectivity index (χ1n) is 9.24. The van der Waals surface area contributed by atoms with Gasteiger partial charge in [-0.15, -0.1) is 0 Å². The molecular formula is C20H22N4O6. The molecule has 158 valence electrons. The minimum Gasteiger partial charge on any atom is -0.466 e. The second kappa shape index (κ2) is 7.97. The van der Waals surface area contributed by atoms with Gasteiger partial charge in [-0.2, -0.15) is 5.10 Å². The fraction of sp³-hybridized carbons (Fsp3) is 0.350. The molecule has 0 saturated carbocycles. The predicted molar refractivity (Wildman–Crippen MR) is 107 cm³/mol. The van der Waals surface area contributed by atoms with Crippen molar-refractivity contribution in [2.75, 3.05) is 12.4 Å². The van der Waals surface area contributed by atoms with Crippen LogP contribution in [0.25, 0.3) is 0 Å². The number of fused-ring (bicyclic) bond motifs is 1. The molecule has 1 N–H and O–H groups in total. The maximum Gasteiger partial charge on any atom is 0.359 e. The number of nitro benzene ring substituents is 1. The van der Waals surface area contributed by atoms with Crippen molar-refractivity contribution in [1.29, 1.82) is 0 Å². The Morgan fingerprint density at radius 3 is 2.60 bits per heavy atom. The number of anilines is 1. The summed E-state index contributed by atoms with van der Waals surface area (Å²) >= 11 is 0. The van der Waals surface area contributed by atoms with E-state index in [1.807, 2.05) is 0 Å². The third-order valence-corrected chi connectivity index (χ3v) is 4.73. The van der Waals surface area contributed by atoms with E-state index < -0.39 is 22.8 Å². The molecule has 30 heavy (non-hydrogen) atoms. The summed E-state index contributed by atoms with van der Waals surface area (Å²) in [7, 11) is 2.90. The second-order valence-electron chi connectivity index (χ2n) is 7.13. The van der Waals surface area contributed by atoms with Crippen LogP contribution in [0.1, 0.15) is 48.3 Å². The highest BCUT2D eigenvalue weighted by molar-refractivity contribution is 5.98.